The fourth-order valence-electron chi connectivity index (χ4n) is 9.08. The Bertz CT molecular complexity index is 2360. The van der Waals surface area contributed by atoms with Gasteiger partial charge in [0, 0.05) is 31.7 Å². The number of benzene rings is 4. The maximum Gasteiger partial charge on any atom is 0 e. The summed E-state index contributed by atoms with van der Waals surface area (Å²) in [6.07, 6.45) is 12.4. The van der Waals surface area contributed by atoms with Crippen molar-refractivity contribution in [3.05, 3.63) is 138 Å². The number of aryl methyl sites for hydroxylation is 3. The van der Waals surface area contributed by atoms with Gasteiger partial charge >= 0.3 is 99.8 Å². The maximum absolute atomic E-state index is 6.56. The average Bonchev–Trinajstić information content (AvgIpc) is 3.54. The van der Waals surface area contributed by atoms with Crippen LogP contribution in [0.3, 0.4) is 0 Å². The fourth-order valence-corrected chi connectivity index (χ4v) is 11.3. The van der Waals surface area contributed by atoms with Crippen LogP contribution in [-0.2, 0) is 26.5 Å². The van der Waals surface area contributed by atoms with Crippen LogP contribution in [0.2, 0.25) is 17.3 Å². The standard InChI is InChI=1S/C35H34NO.C14H16GeN.Ir/c1-21-15-22(2)34(23(3)16-21)27-11-12-29-30-5-4-6-31(35(30)37-33(29)20-27)32-19-25(13-14-36-32)18-28-17-24-7-9-26(28)10-8-24;1-15(2,3)13-9-10-14(16-11-13)12-7-5-4-6-8-12;/h4-5,11-16,19-20,24,26,28H,7-10,17-18H2,1-3H3;4-7,9-11H,1-3H3;/q2*-1;. The minimum Gasteiger partial charge on any atom is 0 e. The smallest absolute Gasteiger partial charge is 0 e. The first kappa shape index (κ1) is 38.4. The SMILES string of the molecule is Cc1cc(C)c(-c2ccc3c(c2)oc2c(-c4cc(CC5CC6CCC5CC6)ccn4)[c-]ccc23)c(C)c1.[CH3][Ge]([CH3])([CH3])[c]1ccc(-c2[c-]cccc2)nc1.[Ir]. The Labute approximate surface area is 337 Å². The second-order valence-electron chi connectivity index (χ2n) is 16.7. The molecule has 1 radical (unpaired) electrons. The van der Waals surface area contributed by atoms with Crippen molar-refractivity contribution in [2.75, 3.05) is 0 Å². The number of aromatic nitrogens is 2. The van der Waals surface area contributed by atoms with Crippen molar-refractivity contribution in [2.24, 2.45) is 17.8 Å². The van der Waals surface area contributed by atoms with E-state index >= 15 is 0 Å². The topological polar surface area (TPSA) is 38.9 Å². The molecule has 3 aromatic heterocycles. The van der Waals surface area contributed by atoms with Crippen LogP contribution < -0.4 is 4.40 Å². The summed E-state index contributed by atoms with van der Waals surface area (Å²) in [6.45, 7) is 6.55. The minimum absolute atomic E-state index is 0. The van der Waals surface area contributed by atoms with Crippen LogP contribution >= 0.6 is 0 Å². The van der Waals surface area contributed by atoms with Crippen molar-refractivity contribution < 1.29 is 24.5 Å². The number of furan rings is 1. The molecule has 4 aromatic carbocycles. The van der Waals surface area contributed by atoms with Gasteiger partial charge in [0.25, 0.3) is 0 Å². The third-order valence-electron chi connectivity index (χ3n) is 11.8. The van der Waals surface area contributed by atoms with Crippen LogP contribution in [0, 0.1) is 50.7 Å². The molecule has 0 spiro atoms. The van der Waals surface area contributed by atoms with Crippen LogP contribution in [-0.4, -0.2) is 23.2 Å². The summed E-state index contributed by atoms with van der Waals surface area (Å²) in [4.78, 5) is 9.31. The van der Waals surface area contributed by atoms with Crippen molar-refractivity contribution >= 4 is 39.6 Å². The molecule has 3 heterocycles. The molecular weight excluding hydrogens is 897 g/mol. The zero-order valence-electron chi connectivity index (χ0n) is 32.4. The third-order valence-corrected chi connectivity index (χ3v) is 16.0. The molecule has 54 heavy (non-hydrogen) atoms. The first-order valence-electron chi connectivity index (χ1n) is 19.4. The maximum atomic E-state index is 6.56. The van der Waals surface area contributed by atoms with Crippen LogP contribution in [0.15, 0.2) is 108 Å². The van der Waals surface area contributed by atoms with E-state index in [-0.39, 0.29) is 20.1 Å². The van der Waals surface area contributed by atoms with Gasteiger partial charge in [-0.1, -0.05) is 65.3 Å². The van der Waals surface area contributed by atoms with E-state index in [0.29, 0.717) is 0 Å². The Balaban J connectivity index is 0.000000223. The summed E-state index contributed by atoms with van der Waals surface area (Å²) in [6, 6.07) is 38.7. The van der Waals surface area contributed by atoms with Crippen molar-refractivity contribution in [1.29, 1.82) is 0 Å². The molecular formula is C49H50GeIrN2O-2. The van der Waals surface area contributed by atoms with Gasteiger partial charge in [-0.05, 0) is 104 Å². The van der Waals surface area contributed by atoms with Gasteiger partial charge in [0.05, 0.1) is 5.58 Å². The molecule has 10 rings (SSSR count). The molecule has 7 aromatic rings. The Morgan fingerprint density at radius 3 is 2.22 bits per heavy atom. The second-order valence-corrected chi connectivity index (χ2v) is 27.3. The van der Waals surface area contributed by atoms with Gasteiger partial charge < -0.3 is 9.40 Å². The minimum atomic E-state index is -1.72. The van der Waals surface area contributed by atoms with Crippen LogP contribution in [0.25, 0.3) is 55.6 Å². The summed E-state index contributed by atoms with van der Waals surface area (Å²) in [7, 11) is 0. The van der Waals surface area contributed by atoms with E-state index in [4.69, 9.17) is 9.40 Å². The van der Waals surface area contributed by atoms with E-state index in [1.807, 2.05) is 42.7 Å². The summed E-state index contributed by atoms with van der Waals surface area (Å²) in [5, 5.41) is 2.27. The number of hydrogen-bond acceptors (Lipinski definition) is 3. The van der Waals surface area contributed by atoms with Crippen molar-refractivity contribution in [3.63, 3.8) is 0 Å². The Morgan fingerprint density at radius 2 is 1.56 bits per heavy atom. The summed E-state index contributed by atoms with van der Waals surface area (Å²) in [5.41, 5.74) is 13.6. The van der Waals surface area contributed by atoms with Gasteiger partial charge in [-0.15, -0.1) is 18.2 Å². The third kappa shape index (κ3) is 8.08. The van der Waals surface area contributed by atoms with E-state index in [1.54, 1.807) is 0 Å². The van der Waals surface area contributed by atoms with Gasteiger partial charge in [0.15, 0.2) is 0 Å². The zero-order valence-corrected chi connectivity index (χ0v) is 36.9. The van der Waals surface area contributed by atoms with Crippen LogP contribution in [0.4, 0.5) is 0 Å². The molecule has 3 fully saturated rings. The van der Waals surface area contributed by atoms with E-state index in [9.17, 15) is 0 Å². The molecule has 0 N–H and O–H groups in total. The number of rotatable bonds is 6. The van der Waals surface area contributed by atoms with Crippen molar-refractivity contribution in [1.82, 2.24) is 9.97 Å². The fraction of sp³-hybridized carbons (Fsp3) is 0.306. The number of fused-ring (bicyclic) bond motifs is 6. The molecule has 0 saturated heterocycles. The zero-order chi connectivity index (χ0) is 36.7. The largest absolute Gasteiger partial charge is 0 e. The molecule has 277 valence electrons. The molecule has 1 unspecified atom stereocenters. The van der Waals surface area contributed by atoms with E-state index in [2.05, 4.69) is 116 Å². The Hall–Kier alpha value is -3.83. The molecule has 0 aliphatic heterocycles. The van der Waals surface area contributed by atoms with Crippen LogP contribution in [0.1, 0.15) is 54.4 Å². The second kappa shape index (κ2) is 16.1. The summed E-state index contributed by atoms with van der Waals surface area (Å²) in [5.74, 6) is 9.86. The molecule has 3 saturated carbocycles. The van der Waals surface area contributed by atoms with Crippen molar-refractivity contribution in [3.8, 4) is 33.6 Å². The first-order chi connectivity index (χ1) is 25.6. The molecule has 3 aliphatic rings. The number of nitrogens with zero attached hydrogens (tertiary/aromatic N) is 2. The molecule has 3 nitrogen and oxygen atoms in total. The Kier molecular flexibility index (Phi) is 11.5. The first-order valence-corrected chi connectivity index (χ1v) is 26.8. The summed E-state index contributed by atoms with van der Waals surface area (Å²) >= 11 is -1.72. The van der Waals surface area contributed by atoms with E-state index in [1.165, 1.54) is 76.3 Å². The monoisotopic (exact) mass is 949 g/mol. The quantitative estimate of drug-likeness (QED) is 0.123. The van der Waals surface area contributed by atoms with Gasteiger partial charge in [-0.25, -0.2) is 0 Å². The van der Waals surface area contributed by atoms with Crippen molar-refractivity contribution in [2.45, 2.75) is 76.6 Å². The van der Waals surface area contributed by atoms with E-state index < -0.39 is 13.3 Å². The van der Waals surface area contributed by atoms with Gasteiger partial charge in [-0.3, -0.25) is 0 Å². The molecule has 2 bridgehead atoms. The summed E-state index contributed by atoms with van der Waals surface area (Å²) < 4.78 is 8.01. The predicted molar refractivity (Wildman–Crippen MR) is 224 cm³/mol. The van der Waals surface area contributed by atoms with Crippen LogP contribution in [0.5, 0.6) is 0 Å². The molecule has 1 atom stereocenters. The van der Waals surface area contributed by atoms with Gasteiger partial charge in [-0.2, -0.15) is 0 Å². The normalized spacial score (nSPS) is 17.9. The number of pyridine rings is 2. The molecule has 5 heteroatoms. The van der Waals surface area contributed by atoms with Gasteiger partial charge in [0.1, 0.15) is 5.58 Å². The predicted octanol–water partition coefficient (Wildman–Crippen LogP) is 12.5. The van der Waals surface area contributed by atoms with Gasteiger partial charge in [0.2, 0.25) is 0 Å². The molecule has 3 aliphatic carbocycles. The van der Waals surface area contributed by atoms with E-state index in [0.717, 1.165) is 62.2 Å². The molecule has 0 amide bonds. The average molecular weight is 948 g/mol. The number of hydrogen-bond donors (Lipinski definition) is 0. The Morgan fingerprint density at radius 1 is 0.759 bits per heavy atom.